The van der Waals surface area contributed by atoms with Gasteiger partial charge in [0.2, 0.25) is 0 Å². The molecule has 0 radical (unpaired) electrons. The zero-order chi connectivity index (χ0) is 16.0. The minimum absolute atomic E-state index is 0.144. The lowest BCUT2D eigenvalue weighted by Crippen LogP contribution is -2.39. The van der Waals surface area contributed by atoms with Gasteiger partial charge < -0.3 is 9.80 Å². The van der Waals surface area contributed by atoms with Crippen LogP contribution >= 0.6 is 0 Å². The van der Waals surface area contributed by atoms with Gasteiger partial charge in [-0.1, -0.05) is 6.07 Å². The Morgan fingerprint density at radius 1 is 1.33 bits per heavy atom. The second kappa shape index (κ2) is 6.97. The minimum atomic E-state index is -4.50. The molecular formula is C14H16F3N3O. The molecule has 0 bridgehead atoms. The van der Waals surface area contributed by atoms with Crippen LogP contribution in [0.1, 0.15) is 16.8 Å². The van der Waals surface area contributed by atoms with Crippen LogP contribution in [0.25, 0.3) is 0 Å². The van der Waals surface area contributed by atoms with Gasteiger partial charge in [-0.05, 0) is 18.2 Å². The average Bonchev–Trinajstić information content (AvgIpc) is 2.41. The number of benzene rings is 1. The van der Waals surface area contributed by atoms with Gasteiger partial charge in [0, 0.05) is 31.9 Å². The van der Waals surface area contributed by atoms with Crippen LogP contribution in [0.15, 0.2) is 24.3 Å². The van der Waals surface area contributed by atoms with Gasteiger partial charge in [0.15, 0.2) is 0 Å². The summed E-state index contributed by atoms with van der Waals surface area (Å²) in [6.45, 7) is -1.61. The smallest absolute Gasteiger partial charge is 0.378 e. The maximum Gasteiger partial charge on any atom is 0.406 e. The van der Waals surface area contributed by atoms with E-state index >= 15 is 0 Å². The van der Waals surface area contributed by atoms with E-state index in [-0.39, 0.29) is 18.5 Å². The Bertz CT molecular complexity index is 535. The number of hydrogen-bond donors (Lipinski definition) is 0. The van der Waals surface area contributed by atoms with Crippen LogP contribution in [0.3, 0.4) is 0 Å². The van der Waals surface area contributed by atoms with E-state index in [4.69, 9.17) is 5.26 Å². The van der Waals surface area contributed by atoms with Gasteiger partial charge in [-0.25, -0.2) is 0 Å². The van der Waals surface area contributed by atoms with Crippen molar-refractivity contribution in [3.63, 3.8) is 0 Å². The van der Waals surface area contributed by atoms with Crippen molar-refractivity contribution < 1.29 is 18.0 Å². The molecule has 0 aliphatic heterocycles. The van der Waals surface area contributed by atoms with Crippen LogP contribution in [0.5, 0.6) is 0 Å². The zero-order valence-corrected chi connectivity index (χ0v) is 11.8. The number of nitriles is 1. The normalized spacial score (nSPS) is 10.9. The van der Waals surface area contributed by atoms with Crippen LogP contribution in [-0.4, -0.2) is 44.2 Å². The highest BCUT2D eigenvalue weighted by atomic mass is 19.4. The van der Waals surface area contributed by atoms with Crippen molar-refractivity contribution >= 4 is 11.6 Å². The first kappa shape index (κ1) is 16.8. The number of carbonyl (C=O) groups is 1. The summed E-state index contributed by atoms with van der Waals surface area (Å²) in [7, 11) is 3.54. The van der Waals surface area contributed by atoms with Gasteiger partial charge >= 0.3 is 6.18 Å². The molecule has 0 fully saturated rings. The van der Waals surface area contributed by atoms with E-state index in [1.54, 1.807) is 37.2 Å². The quantitative estimate of drug-likeness (QED) is 0.840. The number of amides is 1. The Kier molecular flexibility index (Phi) is 5.59. The van der Waals surface area contributed by atoms with E-state index in [0.29, 0.717) is 10.6 Å². The Morgan fingerprint density at radius 2 is 2.00 bits per heavy atom. The monoisotopic (exact) mass is 299 g/mol. The van der Waals surface area contributed by atoms with Crippen LogP contribution < -0.4 is 4.90 Å². The SMILES string of the molecule is CN(C)c1cccc(C(=O)N(CCC#N)CC(F)(F)F)c1. The minimum Gasteiger partial charge on any atom is -0.378 e. The predicted molar refractivity (Wildman–Crippen MR) is 73.0 cm³/mol. The standard InChI is InChI=1S/C14H16F3N3O/c1-19(2)12-6-3-5-11(9-12)13(21)20(8-4-7-18)10-14(15,16)17/h3,5-6,9H,4,8,10H2,1-2H3. The summed E-state index contributed by atoms with van der Waals surface area (Å²) in [5.41, 5.74) is 0.886. The van der Waals surface area contributed by atoms with Gasteiger partial charge in [0.25, 0.3) is 5.91 Å². The number of anilines is 1. The number of alkyl halides is 3. The molecule has 7 heteroatoms. The van der Waals surface area contributed by atoms with Crippen LogP contribution in [-0.2, 0) is 0 Å². The lowest BCUT2D eigenvalue weighted by atomic mass is 10.1. The fourth-order valence-electron chi connectivity index (χ4n) is 1.75. The molecule has 1 aromatic carbocycles. The summed E-state index contributed by atoms with van der Waals surface area (Å²) in [6.07, 6.45) is -4.64. The maximum atomic E-state index is 12.5. The highest BCUT2D eigenvalue weighted by Gasteiger charge is 2.33. The molecule has 1 rings (SSSR count). The van der Waals surface area contributed by atoms with Gasteiger partial charge in [-0.15, -0.1) is 0 Å². The highest BCUT2D eigenvalue weighted by molar-refractivity contribution is 5.95. The number of nitrogens with zero attached hydrogens (tertiary/aromatic N) is 3. The Labute approximate surface area is 121 Å². The van der Waals surface area contributed by atoms with E-state index in [1.807, 2.05) is 0 Å². The van der Waals surface area contributed by atoms with Crippen molar-refractivity contribution in [1.82, 2.24) is 4.90 Å². The summed E-state index contributed by atoms with van der Waals surface area (Å²) in [6, 6.07) is 8.10. The second-order valence-corrected chi connectivity index (χ2v) is 4.69. The zero-order valence-electron chi connectivity index (χ0n) is 11.8. The molecule has 0 aliphatic rings. The molecule has 21 heavy (non-hydrogen) atoms. The maximum absolute atomic E-state index is 12.5. The average molecular weight is 299 g/mol. The number of hydrogen-bond acceptors (Lipinski definition) is 3. The molecular weight excluding hydrogens is 283 g/mol. The number of halogens is 3. The molecule has 1 amide bonds. The van der Waals surface area contributed by atoms with E-state index in [2.05, 4.69) is 0 Å². The van der Waals surface area contributed by atoms with E-state index in [9.17, 15) is 18.0 Å². The Balaban J connectivity index is 2.99. The van der Waals surface area contributed by atoms with Crippen LogP contribution in [0, 0.1) is 11.3 Å². The van der Waals surface area contributed by atoms with E-state index < -0.39 is 18.6 Å². The summed E-state index contributed by atoms with van der Waals surface area (Å²) < 4.78 is 37.6. The first-order chi connectivity index (χ1) is 9.74. The molecule has 4 nitrogen and oxygen atoms in total. The summed E-state index contributed by atoms with van der Waals surface area (Å²) in [5.74, 6) is -0.730. The summed E-state index contributed by atoms with van der Waals surface area (Å²) >= 11 is 0. The van der Waals surface area contributed by atoms with E-state index in [0.717, 1.165) is 0 Å². The first-order valence-electron chi connectivity index (χ1n) is 6.25. The first-order valence-corrected chi connectivity index (χ1v) is 6.25. The van der Waals surface area contributed by atoms with Crippen molar-refractivity contribution in [2.24, 2.45) is 0 Å². The Morgan fingerprint density at radius 3 is 2.52 bits per heavy atom. The van der Waals surface area contributed by atoms with Gasteiger partial charge in [-0.2, -0.15) is 18.4 Å². The number of rotatable bonds is 5. The number of carbonyl (C=O) groups excluding carboxylic acids is 1. The van der Waals surface area contributed by atoms with Crippen LogP contribution in [0.2, 0.25) is 0 Å². The molecule has 0 unspecified atom stereocenters. The molecule has 0 spiro atoms. The Hall–Kier alpha value is -2.23. The van der Waals surface area contributed by atoms with Crippen molar-refractivity contribution in [2.45, 2.75) is 12.6 Å². The second-order valence-electron chi connectivity index (χ2n) is 4.69. The van der Waals surface area contributed by atoms with Gasteiger partial charge in [0.1, 0.15) is 6.54 Å². The third kappa shape index (κ3) is 5.34. The van der Waals surface area contributed by atoms with Crippen LogP contribution in [0.4, 0.5) is 18.9 Å². The fourth-order valence-corrected chi connectivity index (χ4v) is 1.75. The van der Waals surface area contributed by atoms with Crippen molar-refractivity contribution in [1.29, 1.82) is 5.26 Å². The third-order valence-electron chi connectivity index (χ3n) is 2.76. The molecule has 114 valence electrons. The van der Waals surface area contributed by atoms with Crippen molar-refractivity contribution in [2.75, 3.05) is 32.1 Å². The molecule has 0 saturated carbocycles. The lowest BCUT2D eigenvalue weighted by molar-refractivity contribution is -0.140. The largest absolute Gasteiger partial charge is 0.406 e. The molecule has 0 aliphatic carbocycles. The highest BCUT2D eigenvalue weighted by Crippen LogP contribution is 2.20. The molecule has 0 atom stereocenters. The van der Waals surface area contributed by atoms with Gasteiger partial charge in [0.05, 0.1) is 12.5 Å². The topological polar surface area (TPSA) is 47.3 Å². The van der Waals surface area contributed by atoms with Gasteiger partial charge in [-0.3, -0.25) is 4.79 Å². The molecule has 0 heterocycles. The van der Waals surface area contributed by atoms with Crippen molar-refractivity contribution in [3.05, 3.63) is 29.8 Å². The fraction of sp³-hybridized carbons (Fsp3) is 0.429. The summed E-state index contributed by atoms with van der Waals surface area (Å²) in [4.78, 5) is 14.6. The molecule has 0 aromatic heterocycles. The van der Waals surface area contributed by atoms with Crippen molar-refractivity contribution in [3.8, 4) is 6.07 Å². The summed E-state index contributed by atoms with van der Waals surface area (Å²) in [5, 5.41) is 8.51. The molecule has 0 N–H and O–H groups in total. The molecule has 0 saturated heterocycles. The predicted octanol–water partition coefficient (Wildman–Crippen LogP) is 2.67. The third-order valence-corrected chi connectivity index (χ3v) is 2.76. The van der Waals surface area contributed by atoms with E-state index in [1.165, 1.54) is 12.1 Å². The molecule has 1 aromatic rings. The lowest BCUT2D eigenvalue weighted by Gasteiger charge is -2.23.